The van der Waals surface area contributed by atoms with Crippen LogP contribution in [0.2, 0.25) is 0 Å². The third-order valence-electron chi connectivity index (χ3n) is 5.46. The Morgan fingerprint density at radius 2 is 1.87 bits per heavy atom. The molecule has 1 fully saturated rings. The Kier molecular flexibility index (Phi) is 5.43. The molecule has 0 bridgehead atoms. The molecule has 1 saturated heterocycles. The van der Waals surface area contributed by atoms with Gasteiger partial charge >= 0.3 is 6.18 Å². The Bertz CT molecular complexity index is 1070. The molecule has 2 aromatic heterocycles. The van der Waals surface area contributed by atoms with Gasteiger partial charge in [0.25, 0.3) is 5.91 Å². The van der Waals surface area contributed by atoms with Crippen molar-refractivity contribution in [3.8, 4) is 5.82 Å². The Morgan fingerprint density at radius 3 is 2.45 bits per heavy atom. The molecule has 162 valence electrons. The van der Waals surface area contributed by atoms with Gasteiger partial charge < -0.3 is 10.2 Å². The molecule has 3 aromatic rings. The van der Waals surface area contributed by atoms with E-state index in [-0.39, 0.29) is 11.7 Å². The molecule has 1 amide bonds. The van der Waals surface area contributed by atoms with Crippen LogP contribution in [-0.2, 0) is 6.18 Å². The van der Waals surface area contributed by atoms with E-state index in [1.165, 1.54) is 23.4 Å². The van der Waals surface area contributed by atoms with Gasteiger partial charge in [0.15, 0.2) is 5.82 Å². The topological polar surface area (TPSA) is 63.1 Å². The summed E-state index contributed by atoms with van der Waals surface area (Å²) in [7, 11) is 0. The molecule has 1 N–H and O–H groups in total. The van der Waals surface area contributed by atoms with Crippen LogP contribution in [0.3, 0.4) is 0 Å². The largest absolute Gasteiger partial charge is 0.417 e. The minimum absolute atomic E-state index is 0.203. The molecule has 31 heavy (non-hydrogen) atoms. The fourth-order valence-electron chi connectivity index (χ4n) is 3.67. The van der Waals surface area contributed by atoms with Gasteiger partial charge in [-0.1, -0.05) is 6.92 Å². The lowest BCUT2D eigenvalue weighted by Gasteiger charge is -2.18. The number of alkyl halides is 3. The second-order valence-electron chi connectivity index (χ2n) is 7.80. The van der Waals surface area contributed by atoms with Crippen molar-refractivity contribution < 1.29 is 18.0 Å². The minimum Gasteiger partial charge on any atom is -0.371 e. The first-order valence-corrected chi connectivity index (χ1v) is 9.97. The van der Waals surface area contributed by atoms with Gasteiger partial charge in [-0.15, -0.1) is 0 Å². The standard InChI is InChI=1S/C22H22F3N5O/c1-14-9-10-29(13-14)18-6-4-17(5-7-18)28-21(31)19-12-27-30(15(19)2)20-8-3-16(11-26-20)22(23,24)25/h3-8,11-12,14H,9-10,13H2,1-2H3,(H,28,31). The highest BCUT2D eigenvalue weighted by molar-refractivity contribution is 6.05. The zero-order chi connectivity index (χ0) is 22.2. The Labute approximate surface area is 177 Å². The number of benzene rings is 1. The van der Waals surface area contributed by atoms with Crippen LogP contribution in [0.1, 0.15) is 35.0 Å². The van der Waals surface area contributed by atoms with Crippen molar-refractivity contribution in [1.29, 1.82) is 0 Å². The molecule has 3 heterocycles. The second kappa shape index (κ2) is 8.05. The van der Waals surface area contributed by atoms with E-state index >= 15 is 0 Å². The summed E-state index contributed by atoms with van der Waals surface area (Å²) in [5, 5.41) is 6.96. The van der Waals surface area contributed by atoms with Crippen LogP contribution in [0.15, 0.2) is 48.8 Å². The third kappa shape index (κ3) is 4.40. The van der Waals surface area contributed by atoms with Gasteiger partial charge in [0, 0.05) is 30.7 Å². The van der Waals surface area contributed by atoms with Crippen LogP contribution in [0.4, 0.5) is 24.5 Å². The summed E-state index contributed by atoms with van der Waals surface area (Å²) in [6.45, 7) is 5.96. The van der Waals surface area contributed by atoms with Crippen LogP contribution >= 0.6 is 0 Å². The molecule has 0 spiro atoms. The number of anilines is 2. The first-order chi connectivity index (χ1) is 14.7. The molecule has 0 radical (unpaired) electrons. The van der Waals surface area contributed by atoms with Crippen LogP contribution in [0.5, 0.6) is 0 Å². The van der Waals surface area contributed by atoms with Crippen molar-refractivity contribution in [3.63, 3.8) is 0 Å². The number of halogens is 3. The van der Waals surface area contributed by atoms with Crippen molar-refractivity contribution in [1.82, 2.24) is 14.8 Å². The van der Waals surface area contributed by atoms with Gasteiger partial charge in [0.05, 0.1) is 23.0 Å². The van der Waals surface area contributed by atoms with E-state index in [1.807, 2.05) is 24.3 Å². The fraction of sp³-hybridized carbons (Fsp3) is 0.318. The van der Waals surface area contributed by atoms with Crippen molar-refractivity contribution in [2.45, 2.75) is 26.4 Å². The zero-order valence-corrected chi connectivity index (χ0v) is 17.1. The van der Waals surface area contributed by atoms with Gasteiger partial charge in [-0.25, -0.2) is 9.67 Å². The number of hydrogen-bond acceptors (Lipinski definition) is 4. The number of hydrogen-bond donors (Lipinski definition) is 1. The lowest BCUT2D eigenvalue weighted by Crippen LogP contribution is -2.19. The quantitative estimate of drug-likeness (QED) is 0.654. The fourth-order valence-corrected chi connectivity index (χ4v) is 3.67. The second-order valence-corrected chi connectivity index (χ2v) is 7.80. The van der Waals surface area contributed by atoms with Crippen molar-refractivity contribution in [2.75, 3.05) is 23.3 Å². The molecule has 4 rings (SSSR count). The first kappa shape index (κ1) is 20.9. The number of carbonyl (C=O) groups excluding carboxylic acids is 1. The summed E-state index contributed by atoms with van der Waals surface area (Å²) >= 11 is 0. The summed E-state index contributed by atoms with van der Waals surface area (Å²) < 4.78 is 39.5. The number of carbonyl (C=O) groups is 1. The maximum atomic E-state index is 12.7. The van der Waals surface area contributed by atoms with Crippen LogP contribution in [-0.4, -0.2) is 33.8 Å². The van der Waals surface area contributed by atoms with Crippen molar-refractivity contribution in [2.24, 2.45) is 5.92 Å². The Hall–Kier alpha value is -3.36. The maximum Gasteiger partial charge on any atom is 0.417 e. The van der Waals surface area contributed by atoms with Crippen LogP contribution in [0.25, 0.3) is 5.82 Å². The molecule has 1 aromatic carbocycles. The number of pyridine rings is 1. The Balaban J connectivity index is 1.47. The molecule has 1 aliphatic rings. The monoisotopic (exact) mass is 429 g/mol. The molecule has 1 unspecified atom stereocenters. The molecular formula is C22H22F3N5O. The molecule has 6 nitrogen and oxygen atoms in total. The number of nitrogens with zero attached hydrogens (tertiary/aromatic N) is 4. The van der Waals surface area contributed by atoms with Crippen LogP contribution in [0, 0.1) is 12.8 Å². The predicted molar refractivity (Wildman–Crippen MR) is 111 cm³/mol. The summed E-state index contributed by atoms with van der Waals surface area (Å²) in [6.07, 6.45) is -1.16. The molecule has 0 aliphatic carbocycles. The van der Waals surface area contributed by atoms with E-state index in [0.717, 1.165) is 31.0 Å². The third-order valence-corrected chi connectivity index (χ3v) is 5.46. The predicted octanol–water partition coefficient (Wildman–Crippen LogP) is 4.69. The molecule has 0 saturated carbocycles. The SMILES string of the molecule is Cc1c(C(=O)Nc2ccc(N3CCC(C)C3)cc2)cnn1-c1ccc(C(F)(F)F)cn1. The van der Waals surface area contributed by atoms with E-state index in [2.05, 4.69) is 27.2 Å². The van der Waals surface area contributed by atoms with E-state index in [9.17, 15) is 18.0 Å². The van der Waals surface area contributed by atoms with Gasteiger partial charge in [-0.05, 0) is 55.7 Å². The van der Waals surface area contributed by atoms with E-state index in [0.29, 0.717) is 22.9 Å². The van der Waals surface area contributed by atoms with Gasteiger partial charge in [0.1, 0.15) is 0 Å². The number of rotatable bonds is 4. The number of nitrogens with one attached hydrogen (secondary N) is 1. The highest BCUT2D eigenvalue weighted by Gasteiger charge is 2.31. The zero-order valence-electron chi connectivity index (χ0n) is 17.1. The van der Waals surface area contributed by atoms with Crippen LogP contribution < -0.4 is 10.2 Å². The molecule has 9 heteroatoms. The summed E-state index contributed by atoms with van der Waals surface area (Å²) in [6, 6.07) is 9.83. The lowest BCUT2D eigenvalue weighted by atomic mass is 10.2. The summed E-state index contributed by atoms with van der Waals surface area (Å²) in [4.78, 5) is 18.9. The van der Waals surface area contributed by atoms with Gasteiger partial charge in [-0.2, -0.15) is 18.3 Å². The van der Waals surface area contributed by atoms with Gasteiger partial charge in [-0.3, -0.25) is 4.79 Å². The number of aromatic nitrogens is 3. The lowest BCUT2D eigenvalue weighted by molar-refractivity contribution is -0.137. The van der Waals surface area contributed by atoms with E-state index in [1.54, 1.807) is 6.92 Å². The van der Waals surface area contributed by atoms with Crippen molar-refractivity contribution >= 4 is 17.3 Å². The molecule has 1 aliphatic heterocycles. The maximum absolute atomic E-state index is 12.7. The van der Waals surface area contributed by atoms with E-state index < -0.39 is 11.7 Å². The van der Waals surface area contributed by atoms with Crippen molar-refractivity contribution in [3.05, 3.63) is 65.6 Å². The average Bonchev–Trinajstić information content (AvgIpc) is 3.34. The number of amides is 1. The molecule has 1 atom stereocenters. The smallest absolute Gasteiger partial charge is 0.371 e. The highest BCUT2D eigenvalue weighted by atomic mass is 19.4. The average molecular weight is 429 g/mol. The summed E-state index contributed by atoms with van der Waals surface area (Å²) in [5.41, 5.74) is 1.73. The highest BCUT2D eigenvalue weighted by Crippen LogP contribution is 2.29. The normalized spacial score (nSPS) is 16.5. The van der Waals surface area contributed by atoms with E-state index in [4.69, 9.17) is 0 Å². The molecular weight excluding hydrogens is 407 g/mol. The first-order valence-electron chi connectivity index (χ1n) is 9.97. The summed E-state index contributed by atoms with van der Waals surface area (Å²) in [5.74, 6) is 0.532. The van der Waals surface area contributed by atoms with Gasteiger partial charge in [0.2, 0.25) is 0 Å². The minimum atomic E-state index is -4.46. The Morgan fingerprint density at radius 1 is 1.13 bits per heavy atom.